The molecule has 13 heteroatoms. The minimum atomic E-state index is -4.29. The first kappa shape index (κ1) is 24.5. The Hall–Kier alpha value is -2.67. The predicted octanol–water partition coefficient (Wildman–Crippen LogP) is 4.98. The van der Waals surface area contributed by atoms with Gasteiger partial charge in [0.2, 0.25) is 0 Å². The van der Waals surface area contributed by atoms with Gasteiger partial charge in [-0.25, -0.2) is 31.0 Å². The third kappa shape index (κ3) is 5.19. The third-order valence-electron chi connectivity index (χ3n) is 4.94. The van der Waals surface area contributed by atoms with Gasteiger partial charge in [-0.2, -0.15) is 0 Å². The number of hydrogen-bond donors (Lipinski definition) is 2. The summed E-state index contributed by atoms with van der Waals surface area (Å²) in [6, 6.07) is 2.93. The largest absolute Gasteiger partial charge is 0.490 e. The van der Waals surface area contributed by atoms with E-state index in [2.05, 4.69) is 15.0 Å². The summed E-state index contributed by atoms with van der Waals surface area (Å²) in [5, 5.41) is 4.38. The Morgan fingerprint density at radius 1 is 1.15 bits per heavy atom. The predicted molar refractivity (Wildman–Crippen MR) is 121 cm³/mol. The Bertz CT molecular complexity index is 1330. The SMILES string of the molecule is O=S(=O)(Nc1cscn1)c1cc(Cl)c(OCC2NCCC=C2c2cc(F)c(F)c(F)c2)cc1F. The van der Waals surface area contributed by atoms with Crippen molar-refractivity contribution in [3.63, 3.8) is 0 Å². The summed E-state index contributed by atoms with van der Waals surface area (Å²) in [7, 11) is -4.29. The quantitative estimate of drug-likeness (QED) is 0.331. The van der Waals surface area contributed by atoms with Gasteiger partial charge in [-0.1, -0.05) is 17.7 Å². The Morgan fingerprint density at radius 3 is 2.56 bits per heavy atom. The molecular weight excluding hydrogens is 518 g/mol. The number of hydrogen-bond acceptors (Lipinski definition) is 6. The van der Waals surface area contributed by atoms with Crippen molar-refractivity contribution in [3.8, 4) is 5.75 Å². The number of aromatic nitrogens is 1. The Morgan fingerprint density at radius 2 is 1.88 bits per heavy atom. The van der Waals surface area contributed by atoms with Crippen LogP contribution in [0.25, 0.3) is 5.57 Å². The smallest absolute Gasteiger partial charge is 0.266 e. The number of rotatable bonds is 7. The fraction of sp³-hybridized carbons (Fsp3) is 0.190. The number of ether oxygens (including phenoxy) is 1. The number of sulfonamides is 1. The lowest BCUT2D eigenvalue weighted by Crippen LogP contribution is -2.39. The van der Waals surface area contributed by atoms with Crippen LogP contribution in [-0.4, -0.2) is 32.6 Å². The fourth-order valence-electron chi connectivity index (χ4n) is 3.38. The van der Waals surface area contributed by atoms with Crippen LogP contribution in [-0.2, 0) is 10.0 Å². The van der Waals surface area contributed by atoms with Gasteiger partial charge >= 0.3 is 0 Å². The van der Waals surface area contributed by atoms with Crippen molar-refractivity contribution in [2.75, 3.05) is 17.9 Å². The molecule has 3 aromatic rings. The topological polar surface area (TPSA) is 80.3 Å². The van der Waals surface area contributed by atoms with Crippen molar-refractivity contribution >= 4 is 44.4 Å². The molecule has 0 bridgehead atoms. The minimum absolute atomic E-state index is 0.0391. The molecule has 1 unspecified atom stereocenters. The Balaban J connectivity index is 1.53. The summed E-state index contributed by atoms with van der Waals surface area (Å²) >= 11 is 7.30. The molecule has 1 atom stereocenters. The first-order valence-corrected chi connectivity index (χ1v) is 12.6. The molecule has 2 heterocycles. The van der Waals surface area contributed by atoms with Gasteiger partial charge in [-0.15, -0.1) is 11.3 Å². The molecule has 2 N–H and O–H groups in total. The fourth-order valence-corrected chi connectivity index (χ4v) is 5.31. The van der Waals surface area contributed by atoms with Crippen molar-refractivity contribution in [1.82, 2.24) is 10.3 Å². The monoisotopic (exact) mass is 533 g/mol. The van der Waals surface area contributed by atoms with E-state index in [1.165, 1.54) is 10.9 Å². The molecule has 4 rings (SSSR count). The van der Waals surface area contributed by atoms with E-state index in [4.69, 9.17) is 16.3 Å². The molecule has 2 aromatic carbocycles. The number of thiazole rings is 1. The first-order chi connectivity index (χ1) is 16.2. The van der Waals surface area contributed by atoms with Crippen LogP contribution in [0.15, 0.2) is 46.1 Å². The van der Waals surface area contributed by atoms with Crippen molar-refractivity contribution in [2.45, 2.75) is 17.4 Å². The summed E-state index contributed by atoms with van der Waals surface area (Å²) in [6.45, 7) is 0.403. The van der Waals surface area contributed by atoms with Crippen LogP contribution >= 0.6 is 22.9 Å². The molecule has 0 amide bonds. The lowest BCUT2D eigenvalue weighted by atomic mass is 9.94. The van der Waals surface area contributed by atoms with Gasteiger partial charge in [0.15, 0.2) is 23.3 Å². The van der Waals surface area contributed by atoms with Gasteiger partial charge in [-0.05, 0) is 42.3 Å². The van der Waals surface area contributed by atoms with E-state index in [1.807, 2.05) is 0 Å². The van der Waals surface area contributed by atoms with E-state index in [0.29, 0.717) is 18.5 Å². The van der Waals surface area contributed by atoms with Crippen LogP contribution in [0.2, 0.25) is 5.02 Å². The minimum Gasteiger partial charge on any atom is -0.490 e. The normalized spacial score (nSPS) is 16.3. The van der Waals surface area contributed by atoms with Crippen molar-refractivity contribution in [3.05, 3.63) is 75.1 Å². The van der Waals surface area contributed by atoms with E-state index in [0.717, 1.165) is 35.6 Å². The van der Waals surface area contributed by atoms with Crippen molar-refractivity contribution in [2.24, 2.45) is 0 Å². The summed E-state index contributed by atoms with van der Waals surface area (Å²) < 4.78 is 88.1. The zero-order valence-electron chi connectivity index (χ0n) is 17.1. The number of benzene rings is 2. The molecule has 0 spiro atoms. The second kappa shape index (κ2) is 9.90. The maximum absolute atomic E-state index is 14.7. The maximum atomic E-state index is 14.7. The van der Waals surface area contributed by atoms with Crippen LogP contribution in [0.3, 0.4) is 0 Å². The molecule has 6 nitrogen and oxygen atoms in total. The third-order valence-corrected chi connectivity index (χ3v) is 7.20. The highest BCUT2D eigenvalue weighted by molar-refractivity contribution is 7.92. The summed E-state index contributed by atoms with van der Waals surface area (Å²) in [5.41, 5.74) is 2.01. The molecule has 1 aliphatic heterocycles. The zero-order chi connectivity index (χ0) is 24.5. The van der Waals surface area contributed by atoms with Gasteiger partial charge in [0.1, 0.15) is 23.1 Å². The molecule has 0 radical (unpaired) electrons. The van der Waals surface area contributed by atoms with Gasteiger partial charge in [-0.3, -0.25) is 4.72 Å². The van der Waals surface area contributed by atoms with E-state index >= 15 is 0 Å². The summed E-state index contributed by atoms with van der Waals surface area (Å²) in [5.74, 6) is -5.41. The summed E-state index contributed by atoms with van der Waals surface area (Å²) in [6.07, 6.45) is 2.29. The molecule has 1 aromatic heterocycles. The Kier molecular flexibility index (Phi) is 7.12. The highest BCUT2D eigenvalue weighted by atomic mass is 35.5. The number of nitrogens with zero attached hydrogens (tertiary/aromatic N) is 1. The highest BCUT2D eigenvalue weighted by Gasteiger charge is 2.25. The van der Waals surface area contributed by atoms with Gasteiger partial charge in [0.05, 0.1) is 16.6 Å². The van der Waals surface area contributed by atoms with Crippen LogP contribution in [0.1, 0.15) is 12.0 Å². The van der Waals surface area contributed by atoms with Gasteiger partial charge in [0, 0.05) is 11.4 Å². The average molecular weight is 534 g/mol. The van der Waals surface area contributed by atoms with Crippen molar-refractivity contribution in [1.29, 1.82) is 0 Å². The standard InChI is InChI=1S/C21H16ClF4N3O3S2/c22-13-6-19(34(30,31)29-20-9-33-10-28-20)14(23)7-18(13)32-8-17-12(2-1-3-27-17)11-4-15(24)21(26)16(25)5-11/h2,4-7,9-10,17,27,29H,1,3,8H2. The van der Waals surface area contributed by atoms with Crippen molar-refractivity contribution < 1.29 is 30.7 Å². The molecule has 0 saturated heterocycles. The summed E-state index contributed by atoms with van der Waals surface area (Å²) in [4.78, 5) is 3.11. The lowest BCUT2D eigenvalue weighted by molar-refractivity contribution is 0.287. The second-order valence-corrected chi connectivity index (χ2v) is 9.99. The van der Waals surface area contributed by atoms with E-state index in [9.17, 15) is 26.0 Å². The number of halogens is 5. The number of nitrogens with one attached hydrogen (secondary N) is 2. The Labute approximate surface area is 201 Å². The second-order valence-electron chi connectivity index (χ2n) is 7.21. The molecule has 0 aliphatic carbocycles. The van der Waals surface area contributed by atoms with Crippen LogP contribution in [0, 0.1) is 23.3 Å². The van der Waals surface area contributed by atoms with Gasteiger partial charge < -0.3 is 10.1 Å². The average Bonchev–Trinajstić information content (AvgIpc) is 3.29. The molecule has 34 heavy (non-hydrogen) atoms. The molecule has 180 valence electrons. The van der Waals surface area contributed by atoms with E-state index in [1.54, 1.807) is 6.08 Å². The maximum Gasteiger partial charge on any atom is 0.266 e. The van der Waals surface area contributed by atoms with E-state index in [-0.39, 0.29) is 28.8 Å². The zero-order valence-corrected chi connectivity index (χ0v) is 19.5. The molecule has 1 aliphatic rings. The van der Waals surface area contributed by atoms with Crippen LogP contribution < -0.4 is 14.8 Å². The van der Waals surface area contributed by atoms with E-state index < -0.39 is 44.2 Å². The molecule has 0 saturated carbocycles. The molecule has 0 fully saturated rings. The highest BCUT2D eigenvalue weighted by Crippen LogP contribution is 2.32. The molecular formula is C21H16ClF4N3O3S2. The first-order valence-electron chi connectivity index (χ1n) is 9.77. The van der Waals surface area contributed by atoms with Gasteiger partial charge in [0.25, 0.3) is 10.0 Å². The lowest BCUT2D eigenvalue weighted by Gasteiger charge is -2.26. The van der Waals surface area contributed by atoms with Crippen LogP contribution in [0.5, 0.6) is 5.75 Å². The van der Waals surface area contributed by atoms with Crippen LogP contribution in [0.4, 0.5) is 23.4 Å². The number of anilines is 1.